The molecule has 1 aliphatic heterocycles. The number of anilines is 1. The Labute approximate surface area is 142 Å². The van der Waals surface area contributed by atoms with Crippen molar-refractivity contribution in [2.45, 2.75) is 45.6 Å². The third-order valence-electron chi connectivity index (χ3n) is 4.86. The van der Waals surface area contributed by atoms with Gasteiger partial charge in [-0.2, -0.15) is 5.10 Å². The molecule has 2 atom stereocenters. The number of hydrogen-bond acceptors (Lipinski definition) is 5. The maximum absolute atomic E-state index is 12.4. The average Bonchev–Trinajstić information content (AvgIpc) is 2.97. The molecule has 1 fully saturated rings. The Bertz CT molecular complexity index is 712. The van der Waals surface area contributed by atoms with Gasteiger partial charge in [0.15, 0.2) is 5.65 Å². The van der Waals surface area contributed by atoms with Crippen LogP contribution >= 0.6 is 0 Å². The molecular formula is C17H26N6O. The fraction of sp³-hybridized carbons (Fsp3) is 0.647. The van der Waals surface area contributed by atoms with Gasteiger partial charge in [-0.15, -0.1) is 0 Å². The van der Waals surface area contributed by atoms with E-state index in [1.54, 1.807) is 11.0 Å². The van der Waals surface area contributed by atoms with Crippen LogP contribution in [0.1, 0.15) is 39.5 Å². The second kappa shape index (κ2) is 7.15. The minimum absolute atomic E-state index is 0.0137. The van der Waals surface area contributed by atoms with Gasteiger partial charge in [0.05, 0.1) is 17.5 Å². The molecule has 0 spiro atoms. The van der Waals surface area contributed by atoms with E-state index >= 15 is 0 Å². The van der Waals surface area contributed by atoms with E-state index in [0.29, 0.717) is 12.6 Å². The molecule has 0 unspecified atom stereocenters. The van der Waals surface area contributed by atoms with E-state index < -0.39 is 0 Å². The topological polar surface area (TPSA) is 75.9 Å². The molecule has 1 amide bonds. The van der Waals surface area contributed by atoms with E-state index in [-0.39, 0.29) is 11.8 Å². The molecule has 0 saturated carbocycles. The Morgan fingerprint density at radius 1 is 1.38 bits per heavy atom. The summed E-state index contributed by atoms with van der Waals surface area (Å²) in [6.45, 7) is 5.78. The van der Waals surface area contributed by atoms with Crippen molar-refractivity contribution in [3.63, 3.8) is 0 Å². The van der Waals surface area contributed by atoms with Gasteiger partial charge < -0.3 is 10.2 Å². The second-order valence-electron chi connectivity index (χ2n) is 6.62. The van der Waals surface area contributed by atoms with E-state index in [1.165, 1.54) is 0 Å². The summed E-state index contributed by atoms with van der Waals surface area (Å²) in [6.07, 6.45) is 7.42. The van der Waals surface area contributed by atoms with Crippen molar-refractivity contribution in [3.05, 3.63) is 12.5 Å². The molecular weight excluding hydrogens is 304 g/mol. The number of unbranched alkanes of at least 4 members (excludes halogenated alkanes) is 1. The lowest BCUT2D eigenvalue weighted by molar-refractivity contribution is -0.125. The molecule has 130 valence electrons. The van der Waals surface area contributed by atoms with Crippen molar-refractivity contribution in [2.24, 2.45) is 13.0 Å². The van der Waals surface area contributed by atoms with Crippen LogP contribution in [0.15, 0.2) is 12.5 Å². The van der Waals surface area contributed by atoms with Gasteiger partial charge in [0.25, 0.3) is 0 Å². The molecule has 0 radical (unpaired) electrons. The maximum atomic E-state index is 12.4. The van der Waals surface area contributed by atoms with Crippen LogP contribution in [-0.2, 0) is 11.8 Å². The molecule has 2 aromatic heterocycles. The molecule has 1 saturated heterocycles. The number of piperidine rings is 1. The van der Waals surface area contributed by atoms with Gasteiger partial charge in [-0.1, -0.05) is 13.3 Å². The first-order valence-electron chi connectivity index (χ1n) is 8.78. The van der Waals surface area contributed by atoms with E-state index in [9.17, 15) is 4.79 Å². The quantitative estimate of drug-likeness (QED) is 0.847. The number of nitrogens with zero attached hydrogens (tertiary/aromatic N) is 5. The predicted molar refractivity (Wildman–Crippen MR) is 93.8 cm³/mol. The van der Waals surface area contributed by atoms with Crippen molar-refractivity contribution in [1.29, 1.82) is 0 Å². The summed E-state index contributed by atoms with van der Waals surface area (Å²) < 4.78 is 1.75. The fourth-order valence-corrected chi connectivity index (χ4v) is 3.33. The lowest BCUT2D eigenvalue weighted by Crippen LogP contribution is -2.47. The first-order chi connectivity index (χ1) is 11.6. The summed E-state index contributed by atoms with van der Waals surface area (Å²) in [5.74, 6) is 1.06. The Balaban J connectivity index is 1.79. The van der Waals surface area contributed by atoms with Crippen molar-refractivity contribution < 1.29 is 4.79 Å². The highest BCUT2D eigenvalue weighted by Crippen LogP contribution is 2.30. The van der Waals surface area contributed by atoms with Crippen LogP contribution in [0.3, 0.4) is 0 Å². The van der Waals surface area contributed by atoms with Gasteiger partial charge >= 0.3 is 0 Å². The summed E-state index contributed by atoms with van der Waals surface area (Å²) in [7, 11) is 1.88. The molecule has 24 heavy (non-hydrogen) atoms. The maximum Gasteiger partial charge on any atom is 0.224 e. The monoisotopic (exact) mass is 330 g/mol. The van der Waals surface area contributed by atoms with Crippen molar-refractivity contribution in [3.8, 4) is 0 Å². The molecule has 7 nitrogen and oxygen atoms in total. The smallest absolute Gasteiger partial charge is 0.224 e. The molecule has 2 aromatic rings. The van der Waals surface area contributed by atoms with Crippen LogP contribution in [0.5, 0.6) is 0 Å². The fourth-order valence-electron chi connectivity index (χ4n) is 3.33. The largest absolute Gasteiger partial charge is 0.356 e. The highest BCUT2D eigenvalue weighted by molar-refractivity contribution is 5.87. The van der Waals surface area contributed by atoms with Gasteiger partial charge in [-0.05, 0) is 26.2 Å². The second-order valence-corrected chi connectivity index (χ2v) is 6.62. The molecule has 7 heteroatoms. The molecule has 0 bridgehead atoms. The SMILES string of the molecule is CCCCNC(=O)[C@H]1CC[C@@H](C)N(c2ncnc3c2cnn3C)C1. The van der Waals surface area contributed by atoms with Gasteiger partial charge in [-0.25, -0.2) is 9.97 Å². The van der Waals surface area contributed by atoms with Gasteiger partial charge in [0, 0.05) is 26.2 Å². The van der Waals surface area contributed by atoms with Crippen molar-refractivity contribution in [1.82, 2.24) is 25.1 Å². The third-order valence-corrected chi connectivity index (χ3v) is 4.86. The van der Waals surface area contributed by atoms with E-state index in [4.69, 9.17) is 0 Å². The van der Waals surface area contributed by atoms with Crippen molar-refractivity contribution in [2.75, 3.05) is 18.0 Å². The number of aryl methyl sites for hydroxylation is 1. The minimum Gasteiger partial charge on any atom is -0.356 e. The Kier molecular flexibility index (Phi) is 4.97. The van der Waals surface area contributed by atoms with Crippen LogP contribution < -0.4 is 10.2 Å². The van der Waals surface area contributed by atoms with E-state index in [0.717, 1.165) is 49.1 Å². The summed E-state index contributed by atoms with van der Waals surface area (Å²) in [5.41, 5.74) is 0.821. The zero-order valence-electron chi connectivity index (χ0n) is 14.7. The zero-order chi connectivity index (χ0) is 17.1. The predicted octanol–water partition coefficient (Wildman–Crippen LogP) is 1.88. The Hall–Kier alpha value is -2.18. The van der Waals surface area contributed by atoms with E-state index in [1.807, 2.05) is 13.2 Å². The number of nitrogens with one attached hydrogen (secondary N) is 1. The number of fused-ring (bicyclic) bond motifs is 1. The normalized spacial score (nSPS) is 21.2. The summed E-state index contributed by atoms with van der Waals surface area (Å²) >= 11 is 0. The highest BCUT2D eigenvalue weighted by atomic mass is 16.1. The zero-order valence-corrected chi connectivity index (χ0v) is 14.7. The lowest BCUT2D eigenvalue weighted by Gasteiger charge is -2.38. The summed E-state index contributed by atoms with van der Waals surface area (Å²) in [4.78, 5) is 23.5. The van der Waals surface area contributed by atoms with Gasteiger partial charge in [0.1, 0.15) is 12.1 Å². The molecule has 1 N–H and O–H groups in total. The molecule has 3 rings (SSSR count). The molecule has 1 aliphatic rings. The number of rotatable bonds is 5. The van der Waals surface area contributed by atoms with Gasteiger partial charge in [-0.3, -0.25) is 9.48 Å². The number of aromatic nitrogens is 4. The Morgan fingerprint density at radius 2 is 2.21 bits per heavy atom. The van der Waals surface area contributed by atoms with E-state index in [2.05, 4.69) is 39.1 Å². The van der Waals surface area contributed by atoms with Crippen LogP contribution in [0.2, 0.25) is 0 Å². The number of hydrogen-bond donors (Lipinski definition) is 1. The average molecular weight is 330 g/mol. The third kappa shape index (κ3) is 3.20. The lowest BCUT2D eigenvalue weighted by atomic mass is 9.92. The van der Waals surface area contributed by atoms with Crippen LogP contribution in [-0.4, -0.2) is 44.8 Å². The number of amides is 1. The molecule has 3 heterocycles. The van der Waals surface area contributed by atoms with Crippen LogP contribution in [0, 0.1) is 5.92 Å². The highest BCUT2D eigenvalue weighted by Gasteiger charge is 2.31. The standard InChI is InChI=1S/C17H26N6O/c1-4-5-8-18-17(24)13-7-6-12(2)23(10-13)16-14-9-21-22(3)15(14)19-11-20-16/h9,11-13H,4-8,10H2,1-3H3,(H,18,24)/t12-,13+/m1/s1. The van der Waals surface area contributed by atoms with Crippen molar-refractivity contribution >= 4 is 22.8 Å². The molecule has 0 aromatic carbocycles. The molecule has 0 aliphatic carbocycles. The minimum atomic E-state index is 0.0137. The number of carbonyl (C=O) groups is 1. The number of carbonyl (C=O) groups excluding carboxylic acids is 1. The van der Waals surface area contributed by atoms with Crippen LogP contribution in [0.4, 0.5) is 5.82 Å². The van der Waals surface area contributed by atoms with Gasteiger partial charge in [0.2, 0.25) is 5.91 Å². The Morgan fingerprint density at radius 3 is 3.00 bits per heavy atom. The van der Waals surface area contributed by atoms with Crippen LogP contribution in [0.25, 0.3) is 11.0 Å². The first kappa shape index (κ1) is 16.7. The summed E-state index contributed by atoms with van der Waals surface area (Å²) in [6, 6.07) is 0.350. The first-order valence-corrected chi connectivity index (χ1v) is 8.78. The summed E-state index contributed by atoms with van der Waals surface area (Å²) in [5, 5.41) is 8.30.